The highest BCUT2D eigenvalue weighted by atomic mass is 16.2. The van der Waals surface area contributed by atoms with Crippen molar-refractivity contribution in [2.45, 2.75) is 45.2 Å². The maximum absolute atomic E-state index is 9.02. The standard InChI is InChI=1S/C16H23N3O/c1-13-15(19-10-3-2-8-16(19)17-13)12-18-9-4-6-14(18)7-5-11-20/h2-3,8,10,14,20H,4-7,9,11-12H2,1H3. The van der Waals surface area contributed by atoms with Crippen LogP contribution in [0, 0.1) is 6.92 Å². The summed E-state index contributed by atoms with van der Waals surface area (Å²) in [6.45, 7) is 4.53. The van der Waals surface area contributed by atoms with Crippen LogP contribution in [0.15, 0.2) is 24.4 Å². The molecule has 2 aromatic heterocycles. The number of pyridine rings is 1. The zero-order valence-corrected chi connectivity index (χ0v) is 12.1. The molecule has 108 valence electrons. The molecule has 1 aliphatic heterocycles. The van der Waals surface area contributed by atoms with Crippen LogP contribution in [0.25, 0.3) is 5.65 Å². The lowest BCUT2D eigenvalue weighted by molar-refractivity contribution is 0.208. The third-order valence-corrected chi connectivity index (χ3v) is 4.38. The molecule has 1 aliphatic rings. The van der Waals surface area contributed by atoms with Gasteiger partial charge in [-0.1, -0.05) is 6.07 Å². The number of aliphatic hydroxyl groups excluding tert-OH is 1. The lowest BCUT2D eigenvalue weighted by atomic mass is 10.1. The first-order valence-corrected chi connectivity index (χ1v) is 7.57. The Bertz CT molecular complexity index is 578. The summed E-state index contributed by atoms with van der Waals surface area (Å²) in [6, 6.07) is 6.77. The first-order valence-electron chi connectivity index (χ1n) is 7.57. The molecule has 3 rings (SSSR count). The molecule has 1 atom stereocenters. The highest BCUT2D eigenvalue weighted by molar-refractivity contribution is 5.42. The van der Waals surface area contributed by atoms with E-state index in [0.29, 0.717) is 12.6 Å². The Morgan fingerprint density at radius 2 is 2.30 bits per heavy atom. The molecule has 0 radical (unpaired) electrons. The fourth-order valence-electron chi connectivity index (χ4n) is 3.30. The summed E-state index contributed by atoms with van der Waals surface area (Å²) in [5, 5.41) is 9.02. The fraction of sp³-hybridized carbons (Fsp3) is 0.562. The quantitative estimate of drug-likeness (QED) is 0.909. The third-order valence-electron chi connectivity index (χ3n) is 4.38. The van der Waals surface area contributed by atoms with Crippen molar-refractivity contribution in [3.63, 3.8) is 0 Å². The van der Waals surface area contributed by atoms with Gasteiger partial charge < -0.3 is 9.51 Å². The normalized spacial score (nSPS) is 20.0. The third kappa shape index (κ3) is 2.58. The number of aryl methyl sites for hydroxylation is 1. The first-order chi connectivity index (χ1) is 9.79. The predicted molar refractivity (Wildman–Crippen MR) is 79.7 cm³/mol. The monoisotopic (exact) mass is 273 g/mol. The predicted octanol–water partition coefficient (Wildman–Crippen LogP) is 2.38. The summed E-state index contributed by atoms with van der Waals surface area (Å²) >= 11 is 0. The van der Waals surface area contributed by atoms with Gasteiger partial charge in [0.15, 0.2) is 0 Å². The van der Waals surface area contributed by atoms with Crippen molar-refractivity contribution < 1.29 is 5.11 Å². The number of aromatic nitrogens is 2. The van der Waals surface area contributed by atoms with E-state index in [1.54, 1.807) is 0 Å². The number of fused-ring (bicyclic) bond motifs is 1. The molecule has 0 bridgehead atoms. The van der Waals surface area contributed by atoms with Crippen molar-refractivity contribution in [2.75, 3.05) is 13.2 Å². The number of aliphatic hydroxyl groups is 1. The van der Waals surface area contributed by atoms with Crippen LogP contribution in [0.1, 0.15) is 37.1 Å². The van der Waals surface area contributed by atoms with E-state index in [9.17, 15) is 0 Å². The van der Waals surface area contributed by atoms with Gasteiger partial charge in [-0.3, -0.25) is 4.90 Å². The smallest absolute Gasteiger partial charge is 0.137 e. The Balaban J connectivity index is 1.80. The maximum Gasteiger partial charge on any atom is 0.137 e. The van der Waals surface area contributed by atoms with Crippen molar-refractivity contribution in [3.8, 4) is 0 Å². The fourth-order valence-corrected chi connectivity index (χ4v) is 3.30. The zero-order valence-electron chi connectivity index (χ0n) is 12.1. The van der Waals surface area contributed by atoms with Crippen molar-refractivity contribution in [3.05, 3.63) is 35.8 Å². The van der Waals surface area contributed by atoms with E-state index < -0.39 is 0 Å². The molecule has 0 aromatic carbocycles. The van der Waals surface area contributed by atoms with Gasteiger partial charge in [0.05, 0.1) is 11.4 Å². The Morgan fingerprint density at radius 3 is 3.15 bits per heavy atom. The van der Waals surface area contributed by atoms with E-state index in [1.807, 2.05) is 6.07 Å². The molecular weight excluding hydrogens is 250 g/mol. The van der Waals surface area contributed by atoms with E-state index in [2.05, 4.69) is 39.5 Å². The van der Waals surface area contributed by atoms with Crippen LogP contribution < -0.4 is 0 Å². The maximum atomic E-state index is 9.02. The molecule has 4 nitrogen and oxygen atoms in total. The van der Waals surface area contributed by atoms with Crippen LogP contribution in [0.3, 0.4) is 0 Å². The minimum Gasteiger partial charge on any atom is -0.396 e. The van der Waals surface area contributed by atoms with Gasteiger partial charge in [0.1, 0.15) is 5.65 Å². The molecule has 1 saturated heterocycles. The van der Waals surface area contributed by atoms with Gasteiger partial charge in [0.25, 0.3) is 0 Å². The highest BCUT2D eigenvalue weighted by Gasteiger charge is 2.25. The van der Waals surface area contributed by atoms with E-state index >= 15 is 0 Å². The van der Waals surface area contributed by atoms with Gasteiger partial charge in [-0.15, -0.1) is 0 Å². The average Bonchev–Trinajstić information content (AvgIpc) is 3.02. The largest absolute Gasteiger partial charge is 0.396 e. The van der Waals surface area contributed by atoms with E-state index in [4.69, 9.17) is 5.11 Å². The topological polar surface area (TPSA) is 40.8 Å². The lowest BCUT2D eigenvalue weighted by Crippen LogP contribution is -2.29. The van der Waals surface area contributed by atoms with Gasteiger partial charge in [-0.05, 0) is 51.3 Å². The second-order valence-electron chi connectivity index (χ2n) is 5.71. The molecule has 1 unspecified atom stereocenters. The average molecular weight is 273 g/mol. The van der Waals surface area contributed by atoms with Gasteiger partial charge >= 0.3 is 0 Å². The summed E-state index contributed by atoms with van der Waals surface area (Å²) in [5.41, 5.74) is 3.46. The minimum atomic E-state index is 0.305. The Morgan fingerprint density at radius 1 is 1.40 bits per heavy atom. The van der Waals surface area contributed by atoms with Gasteiger partial charge in [0.2, 0.25) is 0 Å². The highest BCUT2D eigenvalue weighted by Crippen LogP contribution is 2.24. The molecule has 20 heavy (non-hydrogen) atoms. The summed E-state index contributed by atoms with van der Waals surface area (Å²) in [5.74, 6) is 0. The Labute approximate surface area is 120 Å². The Kier molecular flexibility index (Phi) is 4.03. The lowest BCUT2D eigenvalue weighted by Gasteiger charge is -2.24. The molecule has 0 spiro atoms. The number of hydrogen-bond donors (Lipinski definition) is 1. The second-order valence-corrected chi connectivity index (χ2v) is 5.71. The van der Waals surface area contributed by atoms with Crippen LogP contribution in [0.2, 0.25) is 0 Å². The number of hydrogen-bond acceptors (Lipinski definition) is 3. The van der Waals surface area contributed by atoms with Crippen LogP contribution in [-0.2, 0) is 6.54 Å². The van der Waals surface area contributed by atoms with Crippen LogP contribution in [-0.4, -0.2) is 38.6 Å². The second kappa shape index (κ2) is 5.94. The molecule has 0 saturated carbocycles. The number of rotatable bonds is 5. The van der Waals surface area contributed by atoms with Crippen LogP contribution in [0.4, 0.5) is 0 Å². The van der Waals surface area contributed by atoms with E-state index in [-0.39, 0.29) is 0 Å². The van der Waals surface area contributed by atoms with Crippen molar-refractivity contribution in [2.24, 2.45) is 0 Å². The molecule has 0 amide bonds. The number of nitrogens with zero attached hydrogens (tertiary/aromatic N) is 3. The van der Waals surface area contributed by atoms with E-state index in [1.165, 1.54) is 18.5 Å². The van der Waals surface area contributed by atoms with Crippen molar-refractivity contribution >= 4 is 5.65 Å². The summed E-state index contributed by atoms with van der Waals surface area (Å²) in [6.07, 6.45) is 6.64. The molecule has 0 aliphatic carbocycles. The van der Waals surface area contributed by atoms with Gasteiger partial charge in [-0.25, -0.2) is 4.98 Å². The van der Waals surface area contributed by atoms with Crippen molar-refractivity contribution in [1.82, 2.24) is 14.3 Å². The Hall–Kier alpha value is -1.39. The van der Waals surface area contributed by atoms with Crippen LogP contribution in [0.5, 0.6) is 0 Å². The molecule has 4 heteroatoms. The zero-order chi connectivity index (χ0) is 13.9. The SMILES string of the molecule is Cc1nc2ccccn2c1CN1CCCC1CCCO. The first kappa shape index (κ1) is 13.6. The van der Waals surface area contributed by atoms with Crippen molar-refractivity contribution in [1.29, 1.82) is 0 Å². The number of imidazole rings is 1. The summed E-state index contributed by atoms with van der Waals surface area (Å²) in [4.78, 5) is 7.19. The minimum absolute atomic E-state index is 0.305. The van der Waals surface area contributed by atoms with E-state index in [0.717, 1.165) is 37.3 Å². The number of likely N-dealkylation sites (tertiary alicyclic amines) is 1. The summed E-state index contributed by atoms with van der Waals surface area (Å²) in [7, 11) is 0. The molecule has 2 aromatic rings. The molecule has 1 fully saturated rings. The summed E-state index contributed by atoms with van der Waals surface area (Å²) < 4.78 is 2.21. The van der Waals surface area contributed by atoms with Gasteiger partial charge in [-0.2, -0.15) is 0 Å². The van der Waals surface area contributed by atoms with Gasteiger partial charge in [0, 0.05) is 25.4 Å². The molecular formula is C16H23N3O. The molecule has 3 heterocycles. The van der Waals surface area contributed by atoms with Crippen LogP contribution >= 0.6 is 0 Å². The molecule has 1 N–H and O–H groups in total.